The van der Waals surface area contributed by atoms with Crippen molar-refractivity contribution in [2.45, 2.75) is 11.8 Å². The smallest absolute Gasteiger partial charge is 0.247 e. The minimum absolute atomic E-state index is 0.0471. The number of hydrogen-bond acceptors (Lipinski definition) is 5. The van der Waals surface area contributed by atoms with Gasteiger partial charge in [-0.15, -0.1) is 0 Å². The summed E-state index contributed by atoms with van der Waals surface area (Å²) in [6.07, 6.45) is 0. The van der Waals surface area contributed by atoms with Gasteiger partial charge in [0.1, 0.15) is 10.6 Å². The normalized spacial score (nSPS) is 15.6. The number of rotatable bonds is 6. The van der Waals surface area contributed by atoms with Crippen LogP contribution in [0, 0.1) is 0 Å². The third-order valence-electron chi connectivity index (χ3n) is 3.62. The number of morpholine rings is 1. The van der Waals surface area contributed by atoms with Gasteiger partial charge in [0.05, 0.1) is 26.4 Å². The Morgan fingerprint density at radius 1 is 1.38 bits per heavy atom. The number of amides is 1. The summed E-state index contributed by atoms with van der Waals surface area (Å²) in [5.41, 5.74) is 0. The van der Waals surface area contributed by atoms with Gasteiger partial charge in [-0.1, -0.05) is 11.6 Å². The number of likely N-dealkylation sites (N-methyl/N-ethyl adjacent to an activating group) is 1. The van der Waals surface area contributed by atoms with E-state index in [0.29, 0.717) is 32.9 Å². The molecule has 1 aromatic rings. The lowest BCUT2D eigenvalue weighted by Gasteiger charge is -2.28. The van der Waals surface area contributed by atoms with Crippen molar-refractivity contribution in [2.75, 3.05) is 46.5 Å². The van der Waals surface area contributed by atoms with E-state index in [9.17, 15) is 13.2 Å². The van der Waals surface area contributed by atoms with Crippen molar-refractivity contribution < 1.29 is 22.7 Å². The number of benzene rings is 1. The van der Waals surface area contributed by atoms with Crippen LogP contribution in [0.25, 0.3) is 0 Å². The summed E-state index contributed by atoms with van der Waals surface area (Å²) < 4.78 is 37.2. The van der Waals surface area contributed by atoms with Crippen molar-refractivity contribution in [3.8, 4) is 5.75 Å². The van der Waals surface area contributed by atoms with Gasteiger partial charge in [0, 0.05) is 25.2 Å². The summed E-state index contributed by atoms with van der Waals surface area (Å²) >= 11 is 5.93. The lowest BCUT2D eigenvalue weighted by molar-refractivity contribution is -0.135. The minimum Gasteiger partial charge on any atom is -0.492 e. The third kappa shape index (κ3) is 4.38. The molecule has 1 heterocycles. The lowest BCUT2D eigenvalue weighted by Crippen LogP contribution is -2.46. The molecular weight excluding hydrogens is 356 g/mol. The Morgan fingerprint density at radius 3 is 2.67 bits per heavy atom. The first-order valence-electron chi connectivity index (χ1n) is 7.60. The molecule has 2 rings (SSSR count). The van der Waals surface area contributed by atoms with E-state index in [1.807, 2.05) is 0 Å². The zero-order chi connectivity index (χ0) is 17.7. The highest BCUT2D eigenvalue weighted by molar-refractivity contribution is 7.89. The number of sulfonamides is 1. The van der Waals surface area contributed by atoms with Crippen LogP contribution in [-0.2, 0) is 19.6 Å². The Morgan fingerprint density at radius 2 is 2.04 bits per heavy atom. The molecule has 1 aliphatic rings. The van der Waals surface area contributed by atoms with Crippen LogP contribution in [0.5, 0.6) is 5.75 Å². The molecule has 24 heavy (non-hydrogen) atoms. The van der Waals surface area contributed by atoms with Crippen molar-refractivity contribution in [3.63, 3.8) is 0 Å². The van der Waals surface area contributed by atoms with Gasteiger partial charge in [-0.3, -0.25) is 4.79 Å². The van der Waals surface area contributed by atoms with E-state index in [0.717, 1.165) is 4.31 Å². The molecule has 1 aromatic carbocycles. The number of carbonyl (C=O) groups excluding carboxylic acids is 1. The zero-order valence-electron chi connectivity index (χ0n) is 13.7. The third-order valence-corrected chi connectivity index (χ3v) is 5.68. The maximum absolute atomic E-state index is 12.8. The monoisotopic (exact) mass is 376 g/mol. The maximum Gasteiger partial charge on any atom is 0.247 e. The van der Waals surface area contributed by atoms with Gasteiger partial charge in [-0.2, -0.15) is 4.31 Å². The van der Waals surface area contributed by atoms with Crippen LogP contribution in [0.15, 0.2) is 23.1 Å². The van der Waals surface area contributed by atoms with Crippen LogP contribution >= 0.6 is 11.6 Å². The molecule has 1 aliphatic heterocycles. The van der Waals surface area contributed by atoms with Crippen molar-refractivity contribution in [3.05, 3.63) is 23.2 Å². The SMILES string of the molecule is CCOc1ccc(Cl)cc1S(=O)(=O)N(C)CC(=O)N1CCOCC1. The van der Waals surface area contributed by atoms with E-state index in [2.05, 4.69) is 0 Å². The average Bonchev–Trinajstić information content (AvgIpc) is 2.57. The molecule has 134 valence electrons. The van der Waals surface area contributed by atoms with Gasteiger partial charge in [0.2, 0.25) is 15.9 Å². The number of hydrogen-bond donors (Lipinski definition) is 0. The Hall–Kier alpha value is -1.35. The number of carbonyl (C=O) groups is 1. The Labute approximate surface area is 147 Å². The van der Waals surface area contributed by atoms with Gasteiger partial charge in [-0.25, -0.2) is 8.42 Å². The standard InChI is InChI=1S/C15H21ClN2O5S/c1-3-23-13-5-4-12(16)10-14(13)24(20,21)17(2)11-15(19)18-6-8-22-9-7-18/h4-5,10H,3,6-9,11H2,1-2H3. The van der Waals surface area contributed by atoms with Crippen molar-refractivity contribution in [2.24, 2.45) is 0 Å². The molecule has 0 saturated carbocycles. The van der Waals surface area contributed by atoms with Crippen molar-refractivity contribution in [1.29, 1.82) is 0 Å². The first kappa shape index (κ1) is 19.0. The van der Waals surface area contributed by atoms with Crippen molar-refractivity contribution in [1.82, 2.24) is 9.21 Å². The summed E-state index contributed by atoms with van der Waals surface area (Å²) in [7, 11) is -2.54. The molecule has 0 radical (unpaired) electrons. The first-order valence-corrected chi connectivity index (χ1v) is 9.42. The molecule has 0 aliphatic carbocycles. The number of nitrogens with zero attached hydrogens (tertiary/aromatic N) is 2. The molecule has 9 heteroatoms. The van der Waals surface area contributed by atoms with E-state index in [1.54, 1.807) is 17.9 Å². The fourth-order valence-corrected chi connectivity index (χ4v) is 3.82. The summed E-state index contributed by atoms with van der Waals surface area (Å²) in [5.74, 6) is -0.0445. The second-order valence-electron chi connectivity index (χ2n) is 5.28. The van der Waals surface area contributed by atoms with Crippen LogP contribution < -0.4 is 4.74 Å². The fourth-order valence-electron chi connectivity index (χ4n) is 2.31. The first-order chi connectivity index (χ1) is 11.4. The molecule has 7 nitrogen and oxygen atoms in total. The summed E-state index contributed by atoms with van der Waals surface area (Å²) in [5, 5.41) is 0.282. The second-order valence-corrected chi connectivity index (χ2v) is 7.73. The highest BCUT2D eigenvalue weighted by Crippen LogP contribution is 2.29. The predicted molar refractivity (Wildman–Crippen MR) is 89.8 cm³/mol. The van der Waals surface area contributed by atoms with E-state index >= 15 is 0 Å². The Bertz CT molecular complexity index is 689. The molecule has 0 atom stereocenters. The molecule has 0 aromatic heterocycles. The highest BCUT2D eigenvalue weighted by atomic mass is 35.5. The highest BCUT2D eigenvalue weighted by Gasteiger charge is 2.28. The van der Waals surface area contributed by atoms with Crippen LogP contribution in [0.3, 0.4) is 0 Å². The average molecular weight is 377 g/mol. The number of halogens is 1. The lowest BCUT2D eigenvalue weighted by atomic mass is 10.3. The molecule has 0 unspecified atom stereocenters. The van der Waals surface area contributed by atoms with Gasteiger partial charge in [0.25, 0.3) is 0 Å². The van der Waals surface area contributed by atoms with E-state index in [4.69, 9.17) is 21.1 Å². The molecule has 0 N–H and O–H groups in total. The molecule has 0 spiro atoms. The van der Waals surface area contributed by atoms with E-state index in [-0.39, 0.29) is 28.1 Å². The quantitative estimate of drug-likeness (QED) is 0.746. The topological polar surface area (TPSA) is 76.2 Å². The number of ether oxygens (including phenoxy) is 2. The van der Waals surface area contributed by atoms with Crippen LogP contribution in [0.2, 0.25) is 5.02 Å². The Balaban J connectivity index is 2.19. The summed E-state index contributed by atoms with van der Waals surface area (Å²) in [6, 6.07) is 4.40. The Kier molecular flexibility index (Phi) is 6.45. The summed E-state index contributed by atoms with van der Waals surface area (Å²) in [4.78, 5) is 13.8. The zero-order valence-corrected chi connectivity index (χ0v) is 15.3. The second kappa shape index (κ2) is 8.15. The van der Waals surface area contributed by atoms with Gasteiger partial charge >= 0.3 is 0 Å². The van der Waals surface area contributed by atoms with Crippen molar-refractivity contribution >= 4 is 27.5 Å². The van der Waals surface area contributed by atoms with Gasteiger partial charge in [-0.05, 0) is 25.1 Å². The fraction of sp³-hybridized carbons (Fsp3) is 0.533. The predicted octanol–water partition coefficient (Wildman–Crippen LogP) is 1.22. The minimum atomic E-state index is -3.90. The largest absolute Gasteiger partial charge is 0.492 e. The van der Waals surface area contributed by atoms with E-state index < -0.39 is 10.0 Å². The van der Waals surface area contributed by atoms with Crippen LogP contribution in [-0.4, -0.2) is 70.0 Å². The molecule has 0 bridgehead atoms. The molecule has 1 saturated heterocycles. The van der Waals surface area contributed by atoms with Gasteiger partial charge < -0.3 is 14.4 Å². The van der Waals surface area contributed by atoms with Crippen LogP contribution in [0.4, 0.5) is 0 Å². The van der Waals surface area contributed by atoms with Crippen LogP contribution in [0.1, 0.15) is 6.92 Å². The maximum atomic E-state index is 12.8. The molecule has 1 fully saturated rings. The summed E-state index contributed by atoms with van der Waals surface area (Å²) in [6.45, 7) is 3.69. The molecular formula is C15H21ClN2O5S. The van der Waals surface area contributed by atoms with Gasteiger partial charge in [0.15, 0.2) is 0 Å². The molecule has 1 amide bonds. The van der Waals surface area contributed by atoms with E-state index in [1.165, 1.54) is 19.2 Å².